The third-order valence-electron chi connectivity index (χ3n) is 6.35. The lowest BCUT2D eigenvalue weighted by Crippen LogP contribution is -2.41. The molecule has 0 atom stereocenters. The van der Waals surface area contributed by atoms with Crippen molar-refractivity contribution in [1.29, 1.82) is 0 Å². The van der Waals surface area contributed by atoms with Gasteiger partial charge in [0.15, 0.2) is 0 Å². The molecule has 0 aromatic heterocycles. The summed E-state index contributed by atoms with van der Waals surface area (Å²) in [6.45, 7) is 5.13. The minimum Gasteiger partial charge on any atom is -0.379 e. The van der Waals surface area contributed by atoms with E-state index in [1.807, 2.05) is 66.7 Å². The molecule has 3 aromatic carbocycles. The molecule has 0 aliphatic carbocycles. The molecule has 1 fully saturated rings. The van der Waals surface area contributed by atoms with Gasteiger partial charge in [0.05, 0.1) is 30.4 Å². The van der Waals surface area contributed by atoms with Gasteiger partial charge in [0.25, 0.3) is 11.8 Å². The molecule has 0 radical (unpaired) electrons. The number of para-hydroxylation sites is 1. The first-order chi connectivity index (χ1) is 18.1. The number of amides is 2. The second-order valence-corrected chi connectivity index (χ2v) is 10.5. The lowest BCUT2D eigenvalue weighted by Gasteiger charge is -2.30. The molecule has 1 saturated heterocycles. The van der Waals surface area contributed by atoms with E-state index >= 15 is 0 Å². The van der Waals surface area contributed by atoms with Gasteiger partial charge in [-0.05, 0) is 53.6 Å². The number of benzene rings is 3. The van der Waals surface area contributed by atoms with E-state index in [1.165, 1.54) is 11.8 Å². The smallest absolute Gasteiger partial charge is 0.265 e. The van der Waals surface area contributed by atoms with E-state index in [1.54, 1.807) is 17.0 Å². The zero-order valence-electron chi connectivity index (χ0n) is 20.4. The summed E-state index contributed by atoms with van der Waals surface area (Å²) >= 11 is 7.64. The van der Waals surface area contributed by atoms with Crippen LogP contribution in [0, 0.1) is 0 Å². The van der Waals surface area contributed by atoms with Crippen LogP contribution in [0.25, 0.3) is 6.08 Å². The number of rotatable bonds is 7. The molecule has 37 heavy (non-hydrogen) atoms. The summed E-state index contributed by atoms with van der Waals surface area (Å²) in [5.41, 5.74) is 3.31. The van der Waals surface area contributed by atoms with Crippen molar-refractivity contribution in [2.24, 2.45) is 0 Å². The molecule has 3 aromatic rings. The number of nitrogens with zero attached hydrogens (tertiary/aromatic N) is 2. The molecule has 5 rings (SSSR count). The molecule has 2 heterocycles. The summed E-state index contributed by atoms with van der Waals surface area (Å²) in [5, 5.41) is 3.63. The van der Waals surface area contributed by atoms with Crippen LogP contribution >= 0.6 is 23.4 Å². The Morgan fingerprint density at radius 2 is 1.81 bits per heavy atom. The van der Waals surface area contributed by atoms with Crippen molar-refractivity contribution >= 4 is 46.9 Å². The van der Waals surface area contributed by atoms with Crippen LogP contribution in [-0.4, -0.2) is 56.1 Å². The van der Waals surface area contributed by atoms with Crippen molar-refractivity contribution in [2.75, 3.05) is 44.3 Å². The molecule has 190 valence electrons. The zero-order valence-corrected chi connectivity index (χ0v) is 21.9. The van der Waals surface area contributed by atoms with Crippen LogP contribution in [0.5, 0.6) is 0 Å². The summed E-state index contributed by atoms with van der Waals surface area (Å²) in [7, 11) is 0. The van der Waals surface area contributed by atoms with Crippen molar-refractivity contribution in [3.8, 4) is 0 Å². The Kier molecular flexibility index (Phi) is 8.26. The number of thioether (sulfide) groups is 1. The number of hydrogen-bond acceptors (Lipinski definition) is 5. The highest BCUT2D eigenvalue weighted by Crippen LogP contribution is 2.42. The minimum absolute atomic E-state index is 0.0615. The molecule has 6 nitrogen and oxygen atoms in total. The Morgan fingerprint density at radius 1 is 1.03 bits per heavy atom. The minimum atomic E-state index is -0.0998. The number of carbonyl (C=O) groups excluding carboxylic acids is 2. The topological polar surface area (TPSA) is 61.9 Å². The van der Waals surface area contributed by atoms with E-state index in [2.05, 4.69) is 10.2 Å². The number of morpholine rings is 1. The number of nitrogens with one attached hydrogen (secondary N) is 1. The van der Waals surface area contributed by atoms with E-state index in [0.29, 0.717) is 28.6 Å². The fourth-order valence-electron chi connectivity index (χ4n) is 4.37. The van der Waals surface area contributed by atoms with Crippen molar-refractivity contribution in [2.45, 2.75) is 11.4 Å². The van der Waals surface area contributed by atoms with Gasteiger partial charge in [0, 0.05) is 41.7 Å². The van der Waals surface area contributed by atoms with Crippen molar-refractivity contribution in [1.82, 2.24) is 10.2 Å². The van der Waals surface area contributed by atoms with E-state index in [0.717, 1.165) is 54.6 Å². The maximum atomic E-state index is 13.5. The van der Waals surface area contributed by atoms with E-state index in [-0.39, 0.29) is 11.8 Å². The van der Waals surface area contributed by atoms with Gasteiger partial charge in [0.2, 0.25) is 0 Å². The third-order valence-corrected chi connectivity index (χ3v) is 7.66. The summed E-state index contributed by atoms with van der Waals surface area (Å²) < 4.78 is 5.36. The highest BCUT2D eigenvalue weighted by molar-refractivity contribution is 8.04. The Bertz CT molecular complexity index is 1310. The molecule has 8 heteroatoms. The van der Waals surface area contributed by atoms with E-state index < -0.39 is 0 Å². The van der Waals surface area contributed by atoms with Gasteiger partial charge in [-0.25, -0.2) is 0 Å². The number of anilines is 1. The first-order valence-corrected chi connectivity index (χ1v) is 13.5. The predicted octanol–water partition coefficient (Wildman–Crippen LogP) is 5.08. The predicted molar refractivity (Wildman–Crippen MR) is 149 cm³/mol. The molecule has 0 spiro atoms. The monoisotopic (exact) mass is 533 g/mol. The van der Waals surface area contributed by atoms with Gasteiger partial charge >= 0.3 is 0 Å². The first kappa shape index (κ1) is 25.5. The highest BCUT2D eigenvalue weighted by Gasteiger charge is 2.29. The Labute approximate surface area is 226 Å². The van der Waals surface area contributed by atoms with Crippen molar-refractivity contribution < 1.29 is 14.3 Å². The largest absolute Gasteiger partial charge is 0.379 e. The van der Waals surface area contributed by atoms with E-state index in [4.69, 9.17) is 16.3 Å². The number of halogens is 1. The van der Waals surface area contributed by atoms with Crippen molar-refractivity contribution in [3.63, 3.8) is 0 Å². The normalized spacial score (nSPS) is 17.1. The van der Waals surface area contributed by atoms with E-state index in [9.17, 15) is 9.59 Å². The van der Waals surface area contributed by atoms with Gasteiger partial charge in [-0.3, -0.25) is 14.5 Å². The molecule has 1 N–H and O–H groups in total. The Morgan fingerprint density at radius 3 is 2.59 bits per heavy atom. The summed E-state index contributed by atoms with van der Waals surface area (Å²) in [5.74, 6) is -0.161. The maximum absolute atomic E-state index is 13.5. The van der Waals surface area contributed by atoms with Gasteiger partial charge in [-0.1, -0.05) is 59.8 Å². The number of fused-ring (bicyclic) bond motifs is 1. The first-order valence-electron chi connectivity index (χ1n) is 12.3. The molecular weight excluding hydrogens is 506 g/mol. The van der Waals surface area contributed by atoms with Gasteiger partial charge in [-0.2, -0.15) is 0 Å². The Balaban J connectivity index is 1.28. The molecule has 2 aliphatic heterocycles. The molecule has 2 amide bonds. The molecular formula is C29H28ClN3O3S. The fourth-order valence-corrected chi connectivity index (χ4v) is 5.65. The van der Waals surface area contributed by atoms with Crippen LogP contribution in [0.1, 0.15) is 21.5 Å². The lowest BCUT2D eigenvalue weighted by molar-refractivity contribution is -0.114. The lowest BCUT2D eigenvalue weighted by atomic mass is 10.1. The van der Waals surface area contributed by atoms with Crippen molar-refractivity contribution in [3.05, 3.63) is 99.4 Å². The quantitative estimate of drug-likeness (QED) is 0.429. The number of hydrogen-bond donors (Lipinski definition) is 1. The van der Waals surface area contributed by atoms with Crippen LogP contribution in [0.3, 0.4) is 0 Å². The molecule has 0 bridgehead atoms. The van der Waals surface area contributed by atoms with Crippen LogP contribution in [0.4, 0.5) is 5.69 Å². The second kappa shape index (κ2) is 12.0. The summed E-state index contributed by atoms with van der Waals surface area (Å²) in [6, 6.07) is 22.8. The van der Waals surface area contributed by atoms with Crippen LogP contribution in [0.2, 0.25) is 5.02 Å². The third kappa shape index (κ3) is 6.43. The van der Waals surface area contributed by atoms with Crippen LogP contribution in [-0.2, 0) is 16.1 Å². The highest BCUT2D eigenvalue weighted by atomic mass is 35.5. The molecule has 0 unspecified atom stereocenters. The summed E-state index contributed by atoms with van der Waals surface area (Å²) in [4.78, 5) is 31.8. The van der Waals surface area contributed by atoms with Gasteiger partial charge < -0.3 is 15.0 Å². The standard InChI is InChI=1S/C29H28ClN3O3S/c30-24-5-3-4-22(18-24)20-33-25-6-1-2-7-26(25)37-27(29(33)35)19-21-8-10-23(11-9-21)28(34)31-12-13-32-14-16-36-17-15-32/h1-11,18-19H,12-17,20H2,(H,31,34). The zero-order chi connectivity index (χ0) is 25.6. The van der Waals surface area contributed by atoms with Gasteiger partial charge in [0.1, 0.15) is 0 Å². The average molecular weight is 534 g/mol. The molecule has 0 saturated carbocycles. The van der Waals surface area contributed by atoms with Crippen LogP contribution < -0.4 is 10.2 Å². The number of carbonyl (C=O) groups is 2. The van der Waals surface area contributed by atoms with Gasteiger partial charge in [-0.15, -0.1) is 0 Å². The van der Waals surface area contributed by atoms with Crippen LogP contribution in [0.15, 0.2) is 82.6 Å². The average Bonchev–Trinajstić information content (AvgIpc) is 2.92. The SMILES string of the molecule is O=C(NCCN1CCOCC1)c1ccc(C=C2Sc3ccccc3N(Cc3cccc(Cl)c3)C2=O)cc1. The fraction of sp³-hybridized carbons (Fsp3) is 0.241. The number of ether oxygens (including phenoxy) is 1. The second-order valence-electron chi connectivity index (χ2n) is 8.93. The summed E-state index contributed by atoms with van der Waals surface area (Å²) in [6.07, 6.45) is 1.88. The Hall–Kier alpha value is -3.10. The molecule has 2 aliphatic rings. The maximum Gasteiger partial charge on any atom is 0.265 e.